The Kier molecular flexibility index (Phi) is 2.77. The van der Waals surface area contributed by atoms with Gasteiger partial charge in [0.15, 0.2) is 0 Å². The standard InChI is InChI=1S/C10H8Br2S/c1-6-7-3-2-4-8(12)10(7)13-9(6)5-11/h2-4H,5H2,1H3. The molecule has 1 aromatic heterocycles. The molecule has 0 saturated carbocycles. The van der Waals surface area contributed by atoms with Gasteiger partial charge in [-0.15, -0.1) is 11.3 Å². The van der Waals surface area contributed by atoms with Crippen LogP contribution in [-0.4, -0.2) is 0 Å². The van der Waals surface area contributed by atoms with Crippen LogP contribution in [0.3, 0.4) is 0 Å². The van der Waals surface area contributed by atoms with Crippen LogP contribution < -0.4 is 0 Å². The van der Waals surface area contributed by atoms with Crippen molar-refractivity contribution in [3.8, 4) is 0 Å². The van der Waals surface area contributed by atoms with Crippen LogP contribution in [-0.2, 0) is 5.33 Å². The predicted octanol–water partition coefficient (Wildman–Crippen LogP) is 4.87. The minimum Gasteiger partial charge on any atom is -0.138 e. The van der Waals surface area contributed by atoms with Crippen molar-refractivity contribution in [3.05, 3.63) is 33.1 Å². The van der Waals surface area contributed by atoms with Crippen molar-refractivity contribution in [2.75, 3.05) is 0 Å². The zero-order valence-corrected chi connectivity index (χ0v) is 11.1. The van der Waals surface area contributed by atoms with Gasteiger partial charge in [-0.25, -0.2) is 0 Å². The Morgan fingerprint density at radius 2 is 2.15 bits per heavy atom. The largest absolute Gasteiger partial charge is 0.138 e. The average Bonchev–Trinajstić information content (AvgIpc) is 2.45. The summed E-state index contributed by atoms with van der Waals surface area (Å²) in [5, 5.41) is 2.32. The number of benzene rings is 1. The molecule has 0 aliphatic carbocycles. The molecule has 0 aliphatic rings. The number of rotatable bonds is 1. The Morgan fingerprint density at radius 1 is 1.38 bits per heavy atom. The van der Waals surface area contributed by atoms with Gasteiger partial charge in [0.1, 0.15) is 0 Å². The minimum absolute atomic E-state index is 0.949. The maximum atomic E-state index is 3.57. The lowest BCUT2D eigenvalue weighted by molar-refractivity contribution is 1.45. The summed E-state index contributed by atoms with van der Waals surface area (Å²) in [7, 11) is 0. The number of aryl methyl sites for hydroxylation is 1. The maximum absolute atomic E-state index is 3.57. The fourth-order valence-corrected chi connectivity index (χ4v) is 3.82. The van der Waals surface area contributed by atoms with Crippen LogP contribution in [0.2, 0.25) is 0 Å². The van der Waals surface area contributed by atoms with Gasteiger partial charge in [-0.05, 0) is 39.9 Å². The summed E-state index contributed by atoms with van der Waals surface area (Å²) in [4.78, 5) is 1.42. The van der Waals surface area contributed by atoms with E-state index >= 15 is 0 Å². The summed E-state index contributed by atoms with van der Waals surface area (Å²) in [5.41, 5.74) is 1.40. The second-order valence-corrected chi connectivity index (χ2v) is 5.42. The van der Waals surface area contributed by atoms with Gasteiger partial charge in [0, 0.05) is 19.4 Å². The Bertz CT molecular complexity index is 445. The van der Waals surface area contributed by atoms with Gasteiger partial charge in [0.2, 0.25) is 0 Å². The molecule has 13 heavy (non-hydrogen) atoms. The summed E-state index contributed by atoms with van der Waals surface area (Å²) in [5.74, 6) is 0. The number of halogens is 2. The quantitative estimate of drug-likeness (QED) is 0.658. The third-order valence-electron chi connectivity index (χ3n) is 2.14. The zero-order chi connectivity index (χ0) is 9.42. The molecular formula is C10H8Br2S. The summed E-state index contributed by atoms with van der Waals surface area (Å²) in [6.45, 7) is 2.18. The molecule has 0 aliphatic heterocycles. The normalized spacial score (nSPS) is 11.0. The van der Waals surface area contributed by atoms with Gasteiger partial charge >= 0.3 is 0 Å². The van der Waals surface area contributed by atoms with Crippen LogP contribution in [0.4, 0.5) is 0 Å². The highest BCUT2D eigenvalue weighted by atomic mass is 79.9. The lowest BCUT2D eigenvalue weighted by atomic mass is 10.2. The van der Waals surface area contributed by atoms with Crippen LogP contribution in [0.5, 0.6) is 0 Å². The number of hydrogen-bond donors (Lipinski definition) is 0. The highest BCUT2D eigenvalue weighted by Crippen LogP contribution is 2.36. The molecule has 0 atom stereocenters. The van der Waals surface area contributed by atoms with Crippen LogP contribution in [0.1, 0.15) is 10.4 Å². The van der Waals surface area contributed by atoms with Crippen LogP contribution in [0.15, 0.2) is 22.7 Å². The van der Waals surface area contributed by atoms with Crippen molar-refractivity contribution >= 4 is 53.3 Å². The Hall–Kier alpha value is 0.140. The zero-order valence-electron chi connectivity index (χ0n) is 7.10. The fraction of sp³-hybridized carbons (Fsp3) is 0.200. The summed E-state index contributed by atoms with van der Waals surface area (Å²) >= 11 is 8.93. The van der Waals surface area contributed by atoms with Crippen molar-refractivity contribution in [3.63, 3.8) is 0 Å². The van der Waals surface area contributed by atoms with Crippen LogP contribution >= 0.6 is 43.2 Å². The summed E-state index contributed by atoms with van der Waals surface area (Å²) < 4.78 is 2.56. The molecule has 0 unspecified atom stereocenters. The van der Waals surface area contributed by atoms with E-state index in [4.69, 9.17) is 0 Å². The first-order valence-corrected chi connectivity index (χ1v) is 6.69. The van der Waals surface area contributed by atoms with Gasteiger partial charge in [-0.1, -0.05) is 28.1 Å². The van der Waals surface area contributed by atoms with Gasteiger partial charge < -0.3 is 0 Å². The SMILES string of the molecule is Cc1c(CBr)sc2c(Br)cccc12. The monoisotopic (exact) mass is 318 g/mol. The number of hydrogen-bond acceptors (Lipinski definition) is 1. The van der Waals surface area contributed by atoms with Crippen LogP contribution in [0, 0.1) is 6.92 Å². The Labute approximate surface area is 98.2 Å². The van der Waals surface area contributed by atoms with Crippen molar-refractivity contribution in [1.29, 1.82) is 0 Å². The van der Waals surface area contributed by atoms with E-state index in [2.05, 4.69) is 57.0 Å². The highest BCUT2D eigenvalue weighted by Gasteiger charge is 2.08. The smallest absolute Gasteiger partial charge is 0.0490 e. The molecule has 0 fully saturated rings. The van der Waals surface area contributed by atoms with E-state index in [1.807, 2.05) is 11.3 Å². The molecular weight excluding hydrogens is 312 g/mol. The van der Waals surface area contributed by atoms with Crippen molar-refractivity contribution in [1.82, 2.24) is 0 Å². The van der Waals surface area contributed by atoms with E-state index in [-0.39, 0.29) is 0 Å². The molecule has 3 heteroatoms. The topological polar surface area (TPSA) is 0 Å². The summed E-state index contributed by atoms with van der Waals surface area (Å²) in [6, 6.07) is 6.36. The molecule has 0 bridgehead atoms. The molecule has 0 saturated heterocycles. The van der Waals surface area contributed by atoms with Crippen molar-refractivity contribution in [2.45, 2.75) is 12.3 Å². The molecule has 0 nitrogen and oxygen atoms in total. The Morgan fingerprint density at radius 3 is 2.77 bits per heavy atom. The highest BCUT2D eigenvalue weighted by molar-refractivity contribution is 9.10. The molecule has 0 radical (unpaired) electrons. The average molecular weight is 320 g/mol. The van der Waals surface area contributed by atoms with Crippen LogP contribution in [0.25, 0.3) is 10.1 Å². The number of fused-ring (bicyclic) bond motifs is 1. The molecule has 68 valence electrons. The van der Waals surface area contributed by atoms with E-state index in [0.29, 0.717) is 0 Å². The van der Waals surface area contributed by atoms with E-state index < -0.39 is 0 Å². The first kappa shape index (κ1) is 9.69. The first-order chi connectivity index (χ1) is 6.24. The van der Waals surface area contributed by atoms with Gasteiger partial charge in [-0.2, -0.15) is 0 Å². The minimum atomic E-state index is 0.949. The van der Waals surface area contributed by atoms with E-state index in [0.717, 1.165) is 5.33 Å². The van der Waals surface area contributed by atoms with E-state index in [1.165, 1.54) is 25.0 Å². The van der Waals surface area contributed by atoms with E-state index in [9.17, 15) is 0 Å². The maximum Gasteiger partial charge on any atom is 0.0490 e. The second kappa shape index (κ2) is 3.71. The molecule has 1 aromatic carbocycles. The molecule has 0 amide bonds. The first-order valence-electron chi connectivity index (χ1n) is 3.96. The van der Waals surface area contributed by atoms with Gasteiger partial charge in [0.25, 0.3) is 0 Å². The number of alkyl halides is 1. The third kappa shape index (κ3) is 1.58. The fourth-order valence-electron chi connectivity index (χ4n) is 1.39. The second-order valence-electron chi connectivity index (χ2n) is 2.90. The number of thiophene rings is 1. The van der Waals surface area contributed by atoms with E-state index in [1.54, 1.807) is 0 Å². The molecule has 1 heterocycles. The van der Waals surface area contributed by atoms with Gasteiger partial charge in [0.05, 0.1) is 0 Å². The lowest BCUT2D eigenvalue weighted by Gasteiger charge is -1.93. The van der Waals surface area contributed by atoms with Gasteiger partial charge in [-0.3, -0.25) is 0 Å². The molecule has 2 rings (SSSR count). The third-order valence-corrected chi connectivity index (χ3v) is 5.33. The van der Waals surface area contributed by atoms with Crippen molar-refractivity contribution < 1.29 is 0 Å². The molecule has 0 N–H and O–H groups in total. The Balaban J connectivity index is 2.83. The molecule has 2 aromatic rings. The molecule has 0 spiro atoms. The summed E-state index contributed by atoms with van der Waals surface area (Å²) in [6.07, 6.45) is 0. The van der Waals surface area contributed by atoms with Crippen molar-refractivity contribution in [2.24, 2.45) is 0 Å². The lowest BCUT2D eigenvalue weighted by Crippen LogP contribution is -1.73. The predicted molar refractivity (Wildman–Crippen MR) is 66.9 cm³/mol.